The first kappa shape index (κ1) is 15.9. The molecule has 3 nitrogen and oxygen atoms in total. The third kappa shape index (κ3) is 3.58. The van der Waals surface area contributed by atoms with E-state index in [1.54, 1.807) is 0 Å². The molecule has 1 aromatic rings. The van der Waals surface area contributed by atoms with Crippen molar-refractivity contribution < 1.29 is 18.0 Å². The van der Waals surface area contributed by atoms with E-state index in [0.29, 0.717) is 11.6 Å². The number of carbonyl (C=O) groups excluding carboxylic acids is 1. The lowest BCUT2D eigenvalue weighted by molar-refractivity contribution is -0.138. The lowest BCUT2D eigenvalue weighted by Gasteiger charge is -2.19. The molecule has 0 radical (unpaired) electrons. The number of thioether (sulfide) groups is 1. The summed E-state index contributed by atoms with van der Waals surface area (Å²) >= 11 is 1.52. The summed E-state index contributed by atoms with van der Waals surface area (Å²) in [5, 5.41) is 2.53. The van der Waals surface area contributed by atoms with Crippen molar-refractivity contribution in [2.45, 2.75) is 31.3 Å². The van der Waals surface area contributed by atoms with Crippen molar-refractivity contribution in [3.8, 4) is 0 Å². The molecular weight excluding hydrogens is 301 g/mol. The number of carbonyl (C=O) groups is 1. The zero-order chi connectivity index (χ0) is 15.7. The maximum Gasteiger partial charge on any atom is 0.416 e. The second-order valence-electron chi connectivity index (χ2n) is 5.13. The van der Waals surface area contributed by atoms with E-state index in [9.17, 15) is 18.0 Å². The summed E-state index contributed by atoms with van der Waals surface area (Å²) in [4.78, 5) is 16.2. The maximum absolute atomic E-state index is 12.9. The van der Waals surface area contributed by atoms with Crippen LogP contribution in [0.5, 0.6) is 0 Å². The Morgan fingerprint density at radius 3 is 2.62 bits per heavy atom. The van der Waals surface area contributed by atoms with Crippen LogP contribution in [0.25, 0.3) is 0 Å². The van der Waals surface area contributed by atoms with Crippen molar-refractivity contribution in [1.82, 2.24) is 5.32 Å². The van der Waals surface area contributed by atoms with Crippen LogP contribution in [-0.2, 0) is 17.5 Å². The second-order valence-corrected chi connectivity index (χ2v) is 6.70. The van der Waals surface area contributed by atoms with Crippen LogP contribution < -0.4 is 5.32 Å². The molecule has 1 aliphatic rings. The third-order valence-corrected chi connectivity index (χ3v) is 4.37. The van der Waals surface area contributed by atoms with Crippen LogP contribution in [0.1, 0.15) is 25.0 Å². The van der Waals surface area contributed by atoms with E-state index in [1.807, 2.05) is 13.8 Å². The number of alkyl halides is 3. The van der Waals surface area contributed by atoms with Gasteiger partial charge < -0.3 is 5.32 Å². The summed E-state index contributed by atoms with van der Waals surface area (Å²) in [6, 6.07) is 5.21. The van der Waals surface area contributed by atoms with Crippen LogP contribution in [0.4, 0.5) is 13.2 Å². The minimum Gasteiger partial charge on any atom is -0.347 e. The molecule has 7 heteroatoms. The molecule has 0 aromatic heterocycles. The van der Waals surface area contributed by atoms with E-state index in [1.165, 1.54) is 30.0 Å². The normalized spacial score (nSPS) is 17.5. The van der Waals surface area contributed by atoms with Gasteiger partial charge in [0.2, 0.25) is 0 Å². The third-order valence-electron chi connectivity index (χ3n) is 3.20. The van der Waals surface area contributed by atoms with Gasteiger partial charge in [0.05, 0.1) is 16.2 Å². The lowest BCUT2D eigenvalue weighted by Crippen LogP contribution is -2.40. The molecule has 1 amide bonds. The van der Waals surface area contributed by atoms with E-state index in [2.05, 4.69) is 10.3 Å². The molecule has 21 heavy (non-hydrogen) atoms. The molecule has 1 aliphatic heterocycles. The average molecular weight is 316 g/mol. The molecule has 0 unspecified atom stereocenters. The number of nitrogens with zero attached hydrogens (tertiary/aromatic N) is 1. The predicted octanol–water partition coefficient (Wildman–Crippen LogP) is 3.25. The minimum absolute atomic E-state index is 0.0439. The summed E-state index contributed by atoms with van der Waals surface area (Å²) in [6.45, 7) is 3.56. The number of halogens is 3. The Kier molecular flexibility index (Phi) is 4.32. The number of aliphatic imine (C=N–C) groups is 1. The van der Waals surface area contributed by atoms with Crippen LogP contribution in [-0.4, -0.2) is 22.2 Å². The van der Waals surface area contributed by atoms with Crippen LogP contribution in [0.15, 0.2) is 29.3 Å². The highest BCUT2D eigenvalue weighted by molar-refractivity contribution is 8.01. The highest BCUT2D eigenvalue weighted by Gasteiger charge is 2.36. The number of nitrogens with one attached hydrogen (secondary N) is 1. The van der Waals surface area contributed by atoms with Gasteiger partial charge in [0, 0.05) is 6.54 Å². The molecule has 0 fully saturated rings. The SMILES string of the molecule is CC1(C)SCN=C1C(=O)NCc1ccccc1C(F)(F)F. The summed E-state index contributed by atoms with van der Waals surface area (Å²) in [7, 11) is 0. The topological polar surface area (TPSA) is 41.5 Å². The monoisotopic (exact) mass is 316 g/mol. The van der Waals surface area contributed by atoms with Crippen molar-refractivity contribution in [3.63, 3.8) is 0 Å². The Labute approximate surface area is 125 Å². The summed E-state index contributed by atoms with van der Waals surface area (Å²) in [5.74, 6) is 0.0801. The van der Waals surface area contributed by atoms with Crippen molar-refractivity contribution in [3.05, 3.63) is 35.4 Å². The fourth-order valence-electron chi connectivity index (χ4n) is 2.07. The second kappa shape index (κ2) is 5.71. The van der Waals surface area contributed by atoms with Crippen molar-refractivity contribution in [2.24, 2.45) is 4.99 Å². The van der Waals surface area contributed by atoms with Crippen molar-refractivity contribution >= 4 is 23.4 Å². The number of hydrogen-bond acceptors (Lipinski definition) is 3. The Morgan fingerprint density at radius 1 is 1.38 bits per heavy atom. The first-order valence-corrected chi connectivity index (χ1v) is 7.32. The highest BCUT2D eigenvalue weighted by Crippen LogP contribution is 2.33. The lowest BCUT2D eigenvalue weighted by atomic mass is 10.1. The summed E-state index contributed by atoms with van der Waals surface area (Å²) < 4.78 is 38.2. The van der Waals surface area contributed by atoms with Gasteiger partial charge in [-0.3, -0.25) is 9.79 Å². The van der Waals surface area contributed by atoms with E-state index in [0.717, 1.165) is 6.07 Å². The zero-order valence-electron chi connectivity index (χ0n) is 11.6. The molecule has 0 bridgehead atoms. The number of amides is 1. The first-order valence-electron chi connectivity index (χ1n) is 6.34. The molecule has 2 rings (SSSR count). The van der Waals surface area contributed by atoms with Gasteiger partial charge in [-0.2, -0.15) is 13.2 Å². The fourth-order valence-corrected chi connectivity index (χ4v) is 2.88. The summed E-state index contributed by atoms with van der Waals surface area (Å²) in [6.07, 6.45) is -4.43. The minimum atomic E-state index is -4.43. The van der Waals surface area contributed by atoms with E-state index >= 15 is 0 Å². The standard InChI is InChI=1S/C14H15F3N2OS/c1-13(2)11(19-8-21-13)12(20)18-7-9-5-3-4-6-10(9)14(15,16)17/h3-6H,7-8H2,1-2H3,(H,18,20). The Balaban J connectivity index is 2.09. The Morgan fingerprint density at radius 2 is 2.05 bits per heavy atom. The van der Waals surface area contributed by atoms with Gasteiger partial charge >= 0.3 is 6.18 Å². The van der Waals surface area contributed by atoms with Gasteiger partial charge in [0.1, 0.15) is 5.71 Å². The quantitative estimate of drug-likeness (QED) is 0.930. The van der Waals surface area contributed by atoms with Gasteiger partial charge in [0.15, 0.2) is 0 Å². The molecule has 0 atom stereocenters. The van der Waals surface area contributed by atoms with Crippen LogP contribution in [0.3, 0.4) is 0 Å². The molecule has 0 aliphatic carbocycles. The molecule has 114 valence electrons. The maximum atomic E-state index is 12.9. The molecule has 1 aromatic carbocycles. The summed E-state index contributed by atoms with van der Waals surface area (Å²) in [5.41, 5.74) is -0.313. The molecule has 1 N–H and O–H groups in total. The Hall–Kier alpha value is -1.50. The average Bonchev–Trinajstić information content (AvgIpc) is 2.75. The van der Waals surface area contributed by atoms with E-state index < -0.39 is 22.4 Å². The van der Waals surface area contributed by atoms with Crippen LogP contribution in [0.2, 0.25) is 0 Å². The highest BCUT2D eigenvalue weighted by atomic mass is 32.2. The predicted molar refractivity (Wildman–Crippen MR) is 77.3 cm³/mol. The van der Waals surface area contributed by atoms with Crippen LogP contribution >= 0.6 is 11.8 Å². The number of hydrogen-bond donors (Lipinski definition) is 1. The van der Waals surface area contributed by atoms with Gasteiger partial charge in [-0.25, -0.2) is 0 Å². The van der Waals surface area contributed by atoms with E-state index in [4.69, 9.17) is 0 Å². The molecular formula is C14H15F3N2OS. The van der Waals surface area contributed by atoms with Crippen LogP contribution in [0, 0.1) is 0 Å². The van der Waals surface area contributed by atoms with Gasteiger partial charge in [-0.1, -0.05) is 18.2 Å². The van der Waals surface area contributed by atoms with Gasteiger partial charge in [-0.05, 0) is 25.5 Å². The van der Waals surface area contributed by atoms with Gasteiger partial charge in [-0.15, -0.1) is 11.8 Å². The largest absolute Gasteiger partial charge is 0.416 e. The number of rotatable bonds is 3. The van der Waals surface area contributed by atoms with Crippen molar-refractivity contribution in [1.29, 1.82) is 0 Å². The zero-order valence-corrected chi connectivity index (χ0v) is 12.4. The first-order chi connectivity index (χ1) is 9.72. The molecule has 0 spiro atoms. The fraction of sp³-hybridized carbons (Fsp3) is 0.429. The smallest absolute Gasteiger partial charge is 0.347 e. The Bertz CT molecular complexity index is 582. The van der Waals surface area contributed by atoms with E-state index in [-0.39, 0.29) is 12.1 Å². The molecule has 1 heterocycles. The van der Waals surface area contributed by atoms with Gasteiger partial charge in [0.25, 0.3) is 5.91 Å². The molecule has 0 saturated heterocycles. The molecule has 0 saturated carbocycles. The van der Waals surface area contributed by atoms with Crippen molar-refractivity contribution in [2.75, 3.05) is 5.88 Å². The number of benzene rings is 1.